The molecule has 1 spiro atoms. The Bertz CT molecular complexity index is 1390. The molecule has 0 saturated carbocycles. The monoisotopic (exact) mass is 539 g/mol. The highest BCUT2D eigenvalue weighted by molar-refractivity contribution is 6.31. The van der Waals surface area contributed by atoms with E-state index in [9.17, 15) is 18.4 Å². The Labute approximate surface area is 225 Å². The molecule has 2 aliphatic rings. The van der Waals surface area contributed by atoms with E-state index in [1.54, 1.807) is 11.0 Å². The molecule has 1 fully saturated rings. The number of ether oxygens (including phenoxy) is 1. The van der Waals surface area contributed by atoms with E-state index in [0.717, 1.165) is 17.2 Å². The molecule has 2 aromatic carbocycles. The van der Waals surface area contributed by atoms with Gasteiger partial charge in [0.1, 0.15) is 5.82 Å². The van der Waals surface area contributed by atoms with Crippen LogP contribution in [0.3, 0.4) is 0 Å². The van der Waals surface area contributed by atoms with Crippen molar-refractivity contribution in [1.82, 2.24) is 15.2 Å². The molecular weight excluding hydrogens is 512 g/mol. The van der Waals surface area contributed by atoms with Gasteiger partial charge in [0.25, 0.3) is 5.91 Å². The summed E-state index contributed by atoms with van der Waals surface area (Å²) in [6.07, 6.45) is 3.27. The largest absolute Gasteiger partial charge is 0.479 e. The summed E-state index contributed by atoms with van der Waals surface area (Å²) in [6, 6.07) is 11.6. The van der Waals surface area contributed by atoms with Crippen LogP contribution in [0.15, 0.2) is 48.7 Å². The maximum atomic E-state index is 14.3. The minimum Gasteiger partial charge on any atom is -0.479 e. The van der Waals surface area contributed by atoms with Crippen molar-refractivity contribution in [3.05, 3.63) is 93.1 Å². The third-order valence-corrected chi connectivity index (χ3v) is 8.09. The number of carbonyl (C=O) groups excluding carboxylic acids is 2. The number of nitrogens with zero attached hydrogens (tertiary/aromatic N) is 2. The van der Waals surface area contributed by atoms with Crippen LogP contribution in [-0.4, -0.2) is 41.9 Å². The number of carbonyl (C=O) groups is 2. The number of methoxy groups -OCH3 is 1. The number of piperidine rings is 1. The molecule has 1 aliphatic heterocycles. The molecule has 38 heavy (non-hydrogen) atoms. The van der Waals surface area contributed by atoms with Crippen molar-refractivity contribution >= 4 is 23.4 Å². The predicted molar refractivity (Wildman–Crippen MR) is 139 cm³/mol. The molecule has 1 unspecified atom stereocenters. The lowest BCUT2D eigenvalue weighted by molar-refractivity contribution is -0.121. The summed E-state index contributed by atoms with van der Waals surface area (Å²) in [5, 5.41) is 3.33. The molecule has 1 atom stereocenters. The highest BCUT2D eigenvalue weighted by Crippen LogP contribution is 2.51. The van der Waals surface area contributed by atoms with Crippen LogP contribution in [-0.2, 0) is 16.6 Å². The van der Waals surface area contributed by atoms with E-state index in [0.29, 0.717) is 32.4 Å². The van der Waals surface area contributed by atoms with Crippen LogP contribution in [0.4, 0.5) is 8.78 Å². The molecule has 1 aliphatic carbocycles. The first-order valence-corrected chi connectivity index (χ1v) is 12.9. The number of hydrogen-bond donors (Lipinski definition) is 1. The molecule has 2 amide bonds. The third-order valence-electron chi connectivity index (χ3n) is 7.74. The fourth-order valence-electron chi connectivity index (χ4n) is 5.79. The fraction of sp³-hybridized carbons (Fsp3) is 0.345. The molecule has 5 rings (SSSR count). The van der Waals surface area contributed by atoms with Crippen molar-refractivity contribution in [3.8, 4) is 5.88 Å². The van der Waals surface area contributed by atoms with Gasteiger partial charge >= 0.3 is 0 Å². The van der Waals surface area contributed by atoms with Crippen LogP contribution in [0, 0.1) is 18.6 Å². The molecule has 198 valence electrons. The van der Waals surface area contributed by atoms with Crippen molar-refractivity contribution in [2.75, 3.05) is 20.2 Å². The minimum atomic E-state index is -0.679. The van der Waals surface area contributed by atoms with Gasteiger partial charge < -0.3 is 15.0 Å². The second kappa shape index (κ2) is 10.3. The molecule has 1 aromatic heterocycles. The third kappa shape index (κ3) is 4.85. The number of amides is 2. The van der Waals surface area contributed by atoms with E-state index in [1.807, 2.05) is 6.92 Å². The van der Waals surface area contributed by atoms with Gasteiger partial charge in [-0.3, -0.25) is 9.59 Å². The van der Waals surface area contributed by atoms with Gasteiger partial charge in [-0.2, -0.15) is 0 Å². The molecule has 2 heterocycles. The quantitative estimate of drug-likeness (QED) is 0.477. The van der Waals surface area contributed by atoms with Gasteiger partial charge in [0, 0.05) is 35.3 Å². The summed E-state index contributed by atoms with van der Waals surface area (Å²) >= 11 is 6.13. The van der Waals surface area contributed by atoms with Crippen molar-refractivity contribution in [3.63, 3.8) is 0 Å². The maximum absolute atomic E-state index is 14.3. The lowest BCUT2D eigenvalue weighted by Crippen LogP contribution is -2.44. The summed E-state index contributed by atoms with van der Waals surface area (Å²) < 4.78 is 33.2. The van der Waals surface area contributed by atoms with Gasteiger partial charge in [0.05, 0.1) is 25.1 Å². The first-order valence-electron chi connectivity index (χ1n) is 12.5. The van der Waals surface area contributed by atoms with Crippen molar-refractivity contribution < 1.29 is 23.1 Å². The average molecular weight is 540 g/mol. The zero-order chi connectivity index (χ0) is 27.0. The van der Waals surface area contributed by atoms with Crippen molar-refractivity contribution in [1.29, 1.82) is 0 Å². The molecule has 1 saturated heterocycles. The van der Waals surface area contributed by atoms with E-state index in [1.165, 1.54) is 31.0 Å². The zero-order valence-electron chi connectivity index (χ0n) is 21.2. The number of hydrogen-bond acceptors (Lipinski definition) is 4. The average Bonchev–Trinajstić information content (AvgIpc) is 3.17. The van der Waals surface area contributed by atoms with Gasteiger partial charge in [-0.15, -0.1) is 0 Å². The Kier molecular flexibility index (Phi) is 7.09. The second-order valence-corrected chi connectivity index (χ2v) is 10.5. The number of fused-ring (bicyclic) bond motifs is 2. The number of rotatable bonds is 5. The smallest absolute Gasteiger partial charge is 0.255 e. The first kappa shape index (κ1) is 26.1. The van der Waals surface area contributed by atoms with Gasteiger partial charge in [0.2, 0.25) is 11.8 Å². The highest BCUT2D eigenvalue weighted by Gasteiger charge is 2.46. The molecular formula is C29H28ClF2N3O3. The van der Waals surface area contributed by atoms with Gasteiger partial charge in [-0.05, 0) is 55.5 Å². The Balaban J connectivity index is 1.32. The maximum Gasteiger partial charge on any atom is 0.255 e. The van der Waals surface area contributed by atoms with Crippen LogP contribution in [0.5, 0.6) is 5.88 Å². The number of aryl methyl sites for hydroxylation is 1. The number of likely N-dealkylation sites (tertiary alicyclic amines) is 1. The summed E-state index contributed by atoms with van der Waals surface area (Å²) in [5.74, 6) is -1.91. The van der Waals surface area contributed by atoms with Gasteiger partial charge in [0.15, 0.2) is 5.82 Å². The van der Waals surface area contributed by atoms with E-state index in [2.05, 4.69) is 28.5 Å². The van der Waals surface area contributed by atoms with Crippen LogP contribution in [0.2, 0.25) is 5.02 Å². The van der Waals surface area contributed by atoms with Crippen molar-refractivity contribution in [2.45, 2.75) is 44.1 Å². The lowest BCUT2D eigenvalue weighted by atomic mass is 9.73. The lowest BCUT2D eigenvalue weighted by Gasteiger charge is -2.40. The number of halogens is 3. The number of nitrogens with one attached hydrogen (secondary N) is 1. The van der Waals surface area contributed by atoms with Gasteiger partial charge in [-0.1, -0.05) is 41.4 Å². The molecule has 0 radical (unpaired) electrons. The highest BCUT2D eigenvalue weighted by atomic mass is 35.5. The van der Waals surface area contributed by atoms with Crippen LogP contribution >= 0.6 is 11.6 Å². The molecule has 1 N–H and O–H groups in total. The molecule has 3 aromatic rings. The minimum absolute atomic E-state index is 0.148. The molecule has 6 nitrogen and oxygen atoms in total. The standard InChI is InChI=1S/C29H28ClF2N3O3/c1-17-6-7-21-19(12-17)25(34-26(36)14-20-22(30)4-3-5-23(20)31)15-29(21)8-10-35(11-9-29)28(37)18-13-24(32)27(38-2)33-16-18/h3-7,12-13,16,25H,8-11,14-15H2,1-2H3,(H,34,36). The van der Waals surface area contributed by atoms with Gasteiger partial charge in [-0.25, -0.2) is 13.8 Å². The van der Waals surface area contributed by atoms with E-state index >= 15 is 0 Å². The summed E-state index contributed by atoms with van der Waals surface area (Å²) in [6.45, 7) is 2.99. The number of aromatic nitrogens is 1. The number of pyridine rings is 1. The first-order chi connectivity index (χ1) is 18.2. The Morgan fingerprint density at radius 1 is 1.16 bits per heavy atom. The van der Waals surface area contributed by atoms with E-state index in [-0.39, 0.29) is 51.7 Å². The fourth-order valence-corrected chi connectivity index (χ4v) is 6.02. The Hall–Kier alpha value is -3.52. The normalized spacial score (nSPS) is 17.8. The predicted octanol–water partition coefficient (Wildman–Crippen LogP) is 5.31. The van der Waals surface area contributed by atoms with Crippen molar-refractivity contribution in [2.24, 2.45) is 0 Å². The topological polar surface area (TPSA) is 71.5 Å². The summed E-state index contributed by atoms with van der Waals surface area (Å²) in [7, 11) is 1.32. The Morgan fingerprint density at radius 2 is 1.92 bits per heavy atom. The molecule has 9 heteroatoms. The van der Waals surface area contributed by atoms with Crippen LogP contribution < -0.4 is 10.1 Å². The Morgan fingerprint density at radius 3 is 2.61 bits per heavy atom. The SMILES string of the molecule is COc1ncc(C(=O)N2CCC3(CC2)CC(NC(=O)Cc2c(F)cccc2Cl)c2cc(C)ccc23)cc1F. The zero-order valence-corrected chi connectivity index (χ0v) is 21.9. The second-order valence-electron chi connectivity index (χ2n) is 10.1. The van der Waals surface area contributed by atoms with E-state index in [4.69, 9.17) is 16.3 Å². The van der Waals surface area contributed by atoms with Crippen LogP contribution in [0.25, 0.3) is 0 Å². The summed E-state index contributed by atoms with van der Waals surface area (Å²) in [5.41, 5.74) is 3.45. The summed E-state index contributed by atoms with van der Waals surface area (Å²) in [4.78, 5) is 31.6. The van der Waals surface area contributed by atoms with E-state index < -0.39 is 11.6 Å². The molecule has 0 bridgehead atoms. The van der Waals surface area contributed by atoms with Crippen LogP contribution in [0.1, 0.15) is 57.9 Å². The number of benzene rings is 2.